The van der Waals surface area contributed by atoms with Crippen molar-refractivity contribution >= 4 is 0 Å². The van der Waals surface area contributed by atoms with E-state index in [1.807, 2.05) is 0 Å². The molecule has 2 fully saturated rings. The monoisotopic (exact) mass is 374 g/mol. The van der Waals surface area contributed by atoms with Crippen LogP contribution in [0.3, 0.4) is 0 Å². The Morgan fingerprint density at radius 2 is 1.12 bits per heavy atom. The molecule has 0 aromatic rings. The first kappa shape index (κ1) is 22.1. The maximum atomic E-state index is 9.55. The Hall–Kier alpha value is -0.240. The minimum absolute atomic E-state index is 0.143. The topological polar surface area (TPSA) is 99.4 Å². The molecule has 0 aromatic heterocycles. The fourth-order valence-electron chi connectivity index (χ4n) is 4.52. The second-order valence-electron chi connectivity index (χ2n) is 8.52. The van der Waals surface area contributed by atoms with E-state index in [-0.39, 0.29) is 38.6 Å². The summed E-state index contributed by atoms with van der Waals surface area (Å²) in [6, 6.07) is 0. The summed E-state index contributed by atoms with van der Waals surface area (Å²) in [7, 11) is 0. The molecule has 8 atom stereocenters. The fraction of sp³-hybridized carbons (Fsp3) is 1.00. The van der Waals surface area contributed by atoms with Crippen molar-refractivity contribution in [2.45, 2.75) is 76.8 Å². The maximum Gasteiger partial charge on any atom is 0.100 e. The first-order valence-electron chi connectivity index (χ1n) is 10.3. The lowest BCUT2D eigenvalue weighted by atomic mass is 9.68. The van der Waals surface area contributed by atoms with Crippen LogP contribution in [0, 0.1) is 23.7 Å². The first-order chi connectivity index (χ1) is 12.4. The van der Waals surface area contributed by atoms with E-state index in [0.29, 0.717) is 23.7 Å². The highest BCUT2D eigenvalue weighted by atomic mass is 16.5. The molecule has 8 unspecified atom stereocenters. The average Bonchev–Trinajstić information content (AvgIpc) is 2.66. The van der Waals surface area contributed by atoms with Gasteiger partial charge in [-0.05, 0) is 62.2 Å². The normalized spacial score (nSPS) is 38.1. The van der Waals surface area contributed by atoms with Crippen molar-refractivity contribution in [2.75, 3.05) is 26.4 Å². The summed E-state index contributed by atoms with van der Waals surface area (Å²) < 4.78 is 11.8. The Morgan fingerprint density at radius 1 is 0.731 bits per heavy atom. The fourth-order valence-corrected chi connectivity index (χ4v) is 4.52. The van der Waals surface area contributed by atoms with Crippen LogP contribution in [0.5, 0.6) is 0 Å². The molecule has 154 valence electrons. The predicted octanol–water partition coefficient (Wildman–Crippen LogP) is 1.34. The summed E-state index contributed by atoms with van der Waals surface area (Å²) in [5.41, 5.74) is 0. The molecule has 0 aliphatic heterocycles. The molecule has 0 aromatic carbocycles. The Morgan fingerprint density at radius 3 is 1.46 bits per heavy atom. The lowest BCUT2D eigenvalue weighted by molar-refractivity contribution is -0.0907. The molecule has 0 radical (unpaired) electrons. The van der Waals surface area contributed by atoms with Gasteiger partial charge >= 0.3 is 0 Å². The van der Waals surface area contributed by atoms with E-state index in [9.17, 15) is 10.2 Å². The Kier molecular flexibility index (Phi) is 9.27. The van der Waals surface area contributed by atoms with Crippen molar-refractivity contribution in [1.29, 1.82) is 0 Å². The zero-order valence-electron chi connectivity index (χ0n) is 16.3. The number of rotatable bonds is 9. The van der Waals surface area contributed by atoms with Crippen LogP contribution in [-0.4, -0.2) is 71.3 Å². The van der Waals surface area contributed by atoms with Gasteiger partial charge in [-0.15, -0.1) is 0 Å². The minimum Gasteiger partial charge on any atom is -0.394 e. The van der Waals surface area contributed by atoms with Crippen molar-refractivity contribution in [3.05, 3.63) is 0 Å². The molecule has 2 aliphatic rings. The van der Waals surface area contributed by atoms with E-state index in [0.717, 1.165) is 25.7 Å². The van der Waals surface area contributed by atoms with Crippen molar-refractivity contribution in [3.8, 4) is 0 Å². The van der Waals surface area contributed by atoms with Gasteiger partial charge in [0.15, 0.2) is 0 Å². The van der Waals surface area contributed by atoms with Crippen LogP contribution in [0.15, 0.2) is 0 Å². The van der Waals surface area contributed by atoms with Gasteiger partial charge in [-0.2, -0.15) is 0 Å². The van der Waals surface area contributed by atoms with Crippen LogP contribution in [-0.2, 0) is 9.47 Å². The number of hydrogen-bond acceptors (Lipinski definition) is 6. The molecule has 0 spiro atoms. The van der Waals surface area contributed by atoms with Gasteiger partial charge in [-0.25, -0.2) is 0 Å². The van der Waals surface area contributed by atoms with Crippen molar-refractivity contribution in [3.63, 3.8) is 0 Å². The van der Waals surface area contributed by atoms with E-state index < -0.39 is 12.2 Å². The number of hydrogen-bond donors (Lipinski definition) is 4. The quantitative estimate of drug-likeness (QED) is 0.486. The van der Waals surface area contributed by atoms with Gasteiger partial charge in [0.2, 0.25) is 0 Å². The predicted molar refractivity (Wildman–Crippen MR) is 98.7 cm³/mol. The van der Waals surface area contributed by atoms with E-state index >= 15 is 0 Å². The van der Waals surface area contributed by atoms with Gasteiger partial charge in [0.05, 0.1) is 38.6 Å². The van der Waals surface area contributed by atoms with Gasteiger partial charge in [-0.1, -0.05) is 13.8 Å². The largest absolute Gasteiger partial charge is 0.394 e. The van der Waals surface area contributed by atoms with Crippen molar-refractivity contribution < 1.29 is 29.9 Å². The van der Waals surface area contributed by atoms with Crippen LogP contribution in [0.4, 0.5) is 0 Å². The van der Waals surface area contributed by atoms with E-state index in [2.05, 4.69) is 13.8 Å². The summed E-state index contributed by atoms with van der Waals surface area (Å²) in [5, 5.41) is 37.0. The number of aliphatic hydroxyl groups excluding tert-OH is 4. The standard InChI is InChI=1S/C20H38O6/c1-13-3-5-15(7-19(13)25-11-17(23)9-21)16-6-4-14(2)20(8-16)26-12-18(24)10-22/h13-24H,3-12H2,1-2H3. The van der Waals surface area contributed by atoms with Gasteiger partial charge in [0.1, 0.15) is 12.2 Å². The molecule has 2 aliphatic carbocycles. The van der Waals surface area contributed by atoms with Crippen LogP contribution in [0.1, 0.15) is 52.4 Å². The van der Waals surface area contributed by atoms with Gasteiger partial charge < -0.3 is 29.9 Å². The van der Waals surface area contributed by atoms with Crippen LogP contribution < -0.4 is 0 Å². The van der Waals surface area contributed by atoms with Crippen LogP contribution in [0.2, 0.25) is 0 Å². The molecule has 0 heterocycles. The highest BCUT2D eigenvalue weighted by Gasteiger charge is 2.37. The lowest BCUT2D eigenvalue weighted by Crippen LogP contribution is -2.40. The zero-order valence-corrected chi connectivity index (χ0v) is 16.3. The molecule has 0 amide bonds. The molecule has 2 saturated carbocycles. The molecule has 0 bridgehead atoms. The molecule has 2 rings (SSSR count). The molecule has 6 heteroatoms. The summed E-state index contributed by atoms with van der Waals surface area (Å²) in [4.78, 5) is 0. The second kappa shape index (κ2) is 10.9. The third-order valence-corrected chi connectivity index (χ3v) is 6.42. The summed E-state index contributed by atoms with van der Waals surface area (Å²) >= 11 is 0. The molecular weight excluding hydrogens is 336 g/mol. The highest BCUT2D eigenvalue weighted by Crippen LogP contribution is 2.42. The molecule has 26 heavy (non-hydrogen) atoms. The SMILES string of the molecule is CC1CCC(C2CCC(C)C(OCC(O)CO)C2)CC1OCC(O)CO. The first-order valence-corrected chi connectivity index (χ1v) is 10.3. The average molecular weight is 375 g/mol. The summed E-state index contributed by atoms with van der Waals surface area (Å²) in [6.07, 6.45) is 5.37. The van der Waals surface area contributed by atoms with E-state index in [1.165, 1.54) is 12.8 Å². The highest BCUT2D eigenvalue weighted by molar-refractivity contribution is 4.88. The van der Waals surface area contributed by atoms with Crippen LogP contribution >= 0.6 is 0 Å². The van der Waals surface area contributed by atoms with E-state index in [4.69, 9.17) is 19.7 Å². The Labute approximate surface area is 157 Å². The molecule has 0 saturated heterocycles. The second-order valence-corrected chi connectivity index (χ2v) is 8.52. The number of aliphatic hydroxyl groups is 4. The third kappa shape index (κ3) is 6.43. The molecular formula is C20H38O6. The summed E-state index contributed by atoms with van der Waals surface area (Å²) in [6.45, 7) is 4.29. The van der Waals surface area contributed by atoms with Crippen LogP contribution in [0.25, 0.3) is 0 Å². The Balaban J connectivity index is 1.86. The van der Waals surface area contributed by atoms with E-state index in [1.54, 1.807) is 0 Å². The summed E-state index contributed by atoms with van der Waals surface area (Å²) in [5.74, 6) is 2.16. The third-order valence-electron chi connectivity index (χ3n) is 6.42. The molecule has 6 nitrogen and oxygen atoms in total. The number of ether oxygens (including phenoxy) is 2. The molecule has 4 N–H and O–H groups in total. The van der Waals surface area contributed by atoms with Gasteiger partial charge in [0, 0.05) is 0 Å². The van der Waals surface area contributed by atoms with Crippen molar-refractivity contribution in [1.82, 2.24) is 0 Å². The van der Waals surface area contributed by atoms with Gasteiger partial charge in [0.25, 0.3) is 0 Å². The smallest absolute Gasteiger partial charge is 0.100 e. The van der Waals surface area contributed by atoms with Gasteiger partial charge in [-0.3, -0.25) is 0 Å². The van der Waals surface area contributed by atoms with Crippen molar-refractivity contribution in [2.24, 2.45) is 23.7 Å². The zero-order chi connectivity index (χ0) is 19.1. The Bertz CT molecular complexity index is 356. The minimum atomic E-state index is -0.797. The lowest BCUT2D eigenvalue weighted by Gasteiger charge is -2.43. The maximum absolute atomic E-state index is 9.55.